The molecule has 0 unspecified atom stereocenters. The summed E-state index contributed by atoms with van der Waals surface area (Å²) < 4.78 is 31.3. The maximum atomic E-state index is 11.9. The Labute approximate surface area is 155 Å². The molecule has 0 heterocycles. The van der Waals surface area contributed by atoms with Crippen molar-refractivity contribution >= 4 is 40.0 Å². The van der Waals surface area contributed by atoms with Gasteiger partial charge in [0.05, 0.1) is 12.4 Å². The third-order valence-corrected chi connectivity index (χ3v) is 4.15. The maximum absolute atomic E-state index is 11.9. The van der Waals surface area contributed by atoms with Gasteiger partial charge in [0.2, 0.25) is 10.0 Å². The summed E-state index contributed by atoms with van der Waals surface area (Å²) in [6.07, 6.45) is 0. The van der Waals surface area contributed by atoms with Gasteiger partial charge < -0.3 is 15.4 Å². The second-order valence-electron chi connectivity index (χ2n) is 4.54. The highest BCUT2D eigenvalue weighted by Gasteiger charge is 2.10. The van der Waals surface area contributed by atoms with E-state index >= 15 is 0 Å². The number of rotatable bonds is 9. The van der Waals surface area contributed by atoms with Crippen LogP contribution in [-0.2, 0) is 21.3 Å². The quantitative estimate of drug-likeness (QED) is 0.218. The van der Waals surface area contributed by atoms with Gasteiger partial charge >= 0.3 is 0 Å². The third kappa shape index (κ3) is 10.5. The van der Waals surface area contributed by atoms with E-state index in [0.29, 0.717) is 25.7 Å². The van der Waals surface area contributed by atoms with Gasteiger partial charge in [-0.1, -0.05) is 30.3 Å². The van der Waals surface area contributed by atoms with Gasteiger partial charge in [-0.05, 0) is 5.56 Å². The van der Waals surface area contributed by atoms with Gasteiger partial charge in [0, 0.05) is 33.8 Å². The molecule has 132 valence electrons. The van der Waals surface area contributed by atoms with Crippen molar-refractivity contribution in [3.8, 4) is 0 Å². The van der Waals surface area contributed by atoms with Crippen LogP contribution in [0, 0.1) is 0 Å². The first-order valence-corrected chi connectivity index (χ1v) is 8.67. The van der Waals surface area contributed by atoms with Crippen molar-refractivity contribution in [2.75, 3.05) is 39.6 Å². The first kappa shape index (κ1) is 22.1. The smallest absolute Gasteiger partial charge is 0.213 e. The Morgan fingerprint density at radius 3 is 2.43 bits per heavy atom. The lowest BCUT2D eigenvalue weighted by atomic mass is 10.2. The first-order chi connectivity index (χ1) is 10.6. The SMILES string of the molecule is CN=C(NCCOC)NCCS(=O)(=O)NCc1ccccc1.I. The van der Waals surface area contributed by atoms with E-state index in [1.54, 1.807) is 14.2 Å². The number of nitrogens with one attached hydrogen (secondary N) is 3. The Morgan fingerprint density at radius 2 is 1.83 bits per heavy atom. The van der Waals surface area contributed by atoms with Crippen molar-refractivity contribution < 1.29 is 13.2 Å². The van der Waals surface area contributed by atoms with Gasteiger partial charge in [-0.15, -0.1) is 24.0 Å². The summed E-state index contributed by atoms with van der Waals surface area (Å²) in [5, 5.41) is 5.96. The van der Waals surface area contributed by atoms with Crippen LogP contribution in [0.1, 0.15) is 5.56 Å². The van der Waals surface area contributed by atoms with Crippen LogP contribution in [0.3, 0.4) is 0 Å². The molecule has 9 heteroatoms. The number of benzene rings is 1. The predicted octanol–water partition coefficient (Wildman–Crippen LogP) is 0.535. The summed E-state index contributed by atoms with van der Waals surface area (Å²) in [6.45, 7) is 1.73. The molecule has 1 aromatic rings. The molecule has 3 N–H and O–H groups in total. The molecular weight excluding hydrogens is 431 g/mol. The van der Waals surface area contributed by atoms with Crippen LogP contribution in [0.5, 0.6) is 0 Å². The number of guanidine groups is 1. The van der Waals surface area contributed by atoms with Crippen LogP contribution >= 0.6 is 24.0 Å². The Balaban J connectivity index is 0.00000484. The molecule has 0 aliphatic rings. The number of nitrogens with zero attached hydrogens (tertiary/aromatic N) is 1. The van der Waals surface area contributed by atoms with Crippen molar-refractivity contribution in [2.45, 2.75) is 6.54 Å². The lowest BCUT2D eigenvalue weighted by Gasteiger charge is -2.12. The van der Waals surface area contributed by atoms with Crippen molar-refractivity contribution in [3.63, 3.8) is 0 Å². The minimum absolute atomic E-state index is 0. The van der Waals surface area contributed by atoms with Crippen molar-refractivity contribution in [2.24, 2.45) is 4.99 Å². The molecule has 0 fully saturated rings. The second kappa shape index (κ2) is 12.5. The van der Waals surface area contributed by atoms with Gasteiger partial charge in [-0.25, -0.2) is 13.1 Å². The molecule has 1 aromatic carbocycles. The average Bonchev–Trinajstić information content (AvgIpc) is 2.52. The van der Waals surface area contributed by atoms with E-state index in [9.17, 15) is 8.42 Å². The molecule has 0 aliphatic carbocycles. The zero-order valence-electron chi connectivity index (χ0n) is 13.4. The van der Waals surface area contributed by atoms with Crippen LogP contribution in [-0.4, -0.2) is 54.0 Å². The summed E-state index contributed by atoms with van der Waals surface area (Å²) in [6, 6.07) is 9.40. The minimum atomic E-state index is -3.33. The molecule has 7 nitrogen and oxygen atoms in total. The van der Waals surface area contributed by atoms with E-state index in [4.69, 9.17) is 4.74 Å². The van der Waals surface area contributed by atoms with Crippen LogP contribution in [0.25, 0.3) is 0 Å². The van der Waals surface area contributed by atoms with Crippen LogP contribution in [0.15, 0.2) is 35.3 Å². The van der Waals surface area contributed by atoms with Crippen molar-refractivity contribution in [1.82, 2.24) is 15.4 Å². The highest BCUT2D eigenvalue weighted by atomic mass is 127. The predicted molar refractivity (Wildman–Crippen MR) is 104 cm³/mol. The zero-order valence-corrected chi connectivity index (χ0v) is 16.6. The summed E-state index contributed by atoms with van der Waals surface area (Å²) in [7, 11) is -0.0856. The topological polar surface area (TPSA) is 91.8 Å². The zero-order chi connectivity index (χ0) is 16.3. The van der Waals surface area contributed by atoms with E-state index < -0.39 is 10.0 Å². The minimum Gasteiger partial charge on any atom is -0.383 e. The van der Waals surface area contributed by atoms with E-state index in [0.717, 1.165) is 5.56 Å². The van der Waals surface area contributed by atoms with Crippen LogP contribution in [0.4, 0.5) is 0 Å². The molecule has 0 aromatic heterocycles. The molecule has 0 atom stereocenters. The van der Waals surface area contributed by atoms with E-state index in [1.807, 2.05) is 30.3 Å². The summed E-state index contributed by atoms with van der Waals surface area (Å²) >= 11 is 0. The Hall–Kier alpha value is -0.910. The number of aliphatic imine (C=N–C) groups is 1. The van der Waals surface area contributed by atoms with Gasteiger partial charge in [0.15, 0.2) is 5.96 Å². The van der Waals surface area contributed by atoms with Crippen molar-refractivity contribution in [3.05, 3.63) is 35.9 Å². The van der Waals surface area contributed by atoms with Crippen LogP contribution in [0.2, 0.25) is 0 Å². The Bertz CT molecular complexity index is 552. The third-order valence-electron chi connectivity index (χ3n) is 2.82. The Kier molecular flexibility index (Phi) is 12.0. The van der Waals surface area contributed by atoms with Gasteiger partial charge in [0.1, 0.15) is 0 Å². The van der Waals surface area contributed by atoms with Crippen LogP contribution < -0.4 is 15.4 Å². The fourth-order valence-electron chi connectivity index (χ4n) is 1.66. The van der Waals surface area contributed by atoms with E-state index in [-0.39, 0.29) is 36.3 Å². The standard InChI is InChI=1S/C14H24N4O3S.HI/c1-15-14(16-8-10-21-2)17-9-11-22(19,20)18-12-13-6-4-3-5-7-13;/h3-7,18H,8-12H2,1-2H3,(H2,15,16,17);1H. The fraction of sp³-hybridized carbons (Fsp3) is 0.500. The second-order valence-corrected chi connectivity index (χ2v) is 6.47. The Morgan fingerprint density at radius 1 is 1.17 bits per heavy atom. The van der Waals surface area contributed by atoms with Gasteiger partial charge in [0.25, 0.3) is 0 Å². The number of halogens is 1. The number of methoxy groups -OCH3 is 1. The lowest BCUT2D eigenvalue weighted by molar-refractivity contribution is 0.203. The van der Waals surface area contributed by atoms with Gasteiger partial charge in [-0.2, -0.15) is 0 Å². The number of ether oxygens (including phenoxy) is 1. The normalized spacial score (nSPS) is 11.7. The molecule has 0 amide bonds. The number of sulfonamides is 1. The molecule has 0 aliphatic heterocycles. The summed E-state index contributed by atoms with van der Waals surface area (Å²) in [5.41, 5.74) is 0.927. The molecule has 0 bridgehead atoms. The average molecular weight is 456 g/mol. The van der Waals surface area contributed by atoms with Gasteiger partial charge in [-0.3, -0.25) is 4.99 Å². The molecule has 0 spiro atoms. The van der Waals surface area contributed by atoms with E-state index in [1.165, 1.54) is 0 Å². The largest absolute Gasteiger partial charge is 0.383 e. The summed E-state index contributed by atoms with van der Waals surface area (Å²) in [4.78, 5) is 4.00. The van der Waals surface area contributed by atoms with E-state index in [2.05, 4.69) is 20.3 Å². The molecule has 23 heavy (non-hydrogen) atoms. The maximum Gasteiger partial charge on any atom is 0.213 e. The monoisotopic (exact) mass is 456 g/mol. The molecule has 0 radical (unpaired) electrons. The highest BCUT2D eigenvalue weighted by Crippen LogP contribution is 1.98. The molecule has 0 saturated heterocycles. The fourth-order valence-corrected chi connectivity index (χ4v) is 2.56. The summed E-state index contributed by atoms with van der Waals surface area (Å²) in [5.74, 6) is 0.528. The molecule has 0 saturated carbocycles. The highest BCUT2D eigenvalue weighted by molar-refractivity contribution is 14.0. The lowest BCUT2D eigenvalue weighted by Crippen LogP contribution is -2.42. The number of hydrogen-bond acceptors (Lipinski definition) is 4. The molecular formula is C14H25IN4O3S. The number of hydrogen-bond donors (Lipinski definition) is 3. The van der Waals surface area contributed by atoms with Crippen molar-refractivity contribution in [1.29, 1.82) is 0 Å². The molecule has 1 rings (SSSR count). The first-order valence-electron chi connectivity index (χ1n) is 7.02.